The highest BCUT2D eigenvalue weighted by atomic mass is 31.2. The molecule has 2 aliphatic heterocycles. The van der Waals surface area contributed by atoms with Crippen LogP contribution in [0.5, 0.6) is 0 Å². The molecule has 5 aliphatic rings. The summed E-state index contributed by atoms with van der Waals surface area (Å²) in [5.41, 5.74) is 0.0411. The summed E-state index contributed by atoms with van der Waals surface area (Å²) in [5.74, 6) is -1.88. The van der Waals surface area contributed by atoms with Gasteiger partial charge in [-0.1, -0.05) is 72.6 Å². The molecule has 12 heteroatoms. The van der Waals surface area contributed by atoms with Gasteiger partial charge in [-0.2, -0.15) is 0 Å². The second-order valence-corrected chi connectivity index (χ2v) is 29.1. The van der Waals surface area contributed by atoms with Gasteiger partial charge in [0.05, 0.1) is 52.9 Å². The minimum atomic E-state index is -1.84. The normalized spacial score (nSPS) is 36.8. The van der Waals surface area contributed by atoms with E-state index in [4.69, 9.17) is 14.2 Å². The second-order valence-electron chi connectivity index (χ2n) is 24.5. The van der Waals surface area contributed by atoms with Gasteiger partial charge in [0.1, 0.15) is 23.9 Å². The molecule has 0 radical (unpaired) electrons. The van der Waals surface area contributed by atoms with E-state index < -0.39 is 67.1 Å². The number of rotatable bonds is 20. The van der Waals surface area contributed by atoms with E-state index in [0.29, 0.717) is 19.3 Å². The number of hydrogen-bond donors (Lipinski definition) is 4. The molecular formula is C57H106N2O9P+. The van der Waals surface area contributed by atoms with Gasteiger partial charge in [0.25, 0.3) is 0 Å². The van der Waals surface area contributed by atoms with Crippen molar-refractivity contribution in [3.8, 4) is 0 Å². The number of aliphatic hydroxyl groups excluding tert-OH is 2. The average molecular weight is 994 g/mol. The van der Waals surface area contributed by atoms with Gasteiger partial charge in [-0.25, -0.2) is 0 Å². The Labute approximate surface area is 422 Å². The van der Waals surface area contributed by atoms with Crippen molar-refractivity contribution in [3.05, 3.63) is 0 Å². The van der Waals surface area contributed by atoms with Crippen LogP contribution in [0.3, 0.4) is 0 Å². The number of nitrogens with zero attached hydrogens (tertiary/aromatic N) is 2. The molecule has 11 nitrogen and oxygen atoms in total. The van der Waals surface area contributed by atoms with E-state index in [1.165, 1.54) is 90.4 Å². The Morgan fingerprint density at radius 3 is 1.75 bits per heavy atom. The van der Waals surface area contributed by atoms with E-state index in [1.54, 1.807) is 70.4 Å². The molecule has 4 N–H and O–H groups in total. The molecule has 3 saturated carbocycles. The fraction of sp³-hybridized carbons (Fsp3) is 0.965. The fourth-order valence-electron chi connectivity index (χ4n) is 14.7. The molecule has 0 aromatic rings. The van der Waals surface area contributed by atoms with Crippen LogP contribution in [0.4, 0.5) is 0 Å². The van der Waals surface area contributed by atoms with Gasteiger partial charge in [0, 0.05) is 26.3 Å². The van der Waals surface area contributed by atoms with Crippen molar-refractivity contribution in [2.24, 2.45) is 17.8 Å². The van der Waals surface area contributed by atoms with E-state index in [1.807, 2.05) is 46.7 Å². The summed E-state index contributed by atoms with van der Waals surface area (Å²) in [7, 11) is 2.95. The van der Waals surface area contributed by atoms with Crippen LogP contribution in [0.15, 0.2) is 0 Å². The quantitative estimate of drug-likeness (QED) is 0.0528. The van der Waals surface area contributed by atoms with Crippen LogP contribution in [-0.2, 0) is 23.8 Å². The molecule has 2 heterocycles. The van der Waals surface area contributed by atoms with E-state index in [2.05, 4.69) is 0 Å². The van der Waals surface area contributed by atoms with Crippen molar-refractivity contribution in [2.75, 3.05) is 26.8 Å². The van der Waals surface area contributed by atoms with Crippen molar-refractivity contribution < 1.29 is 44.2 Å². The molecule has 1 amide bonds. The van der Waals surface area contributed by atoms with Crippen LogP contribution < -0.4 is 0 Å². The van der Waals surface area contributed by atoms with Crippen molar-refractivity contribution in [3.63, 3.8) is 0 Å². The van der Waals surface area contributed by atoms with Crippen LogP contribution in [0.25, 0.3) is 0 Å². The predicted molar refractivity (Wildman–Crippen MR) is 282 cm³/mol. The Morgan fingerprint density at radius 2 is 1.26 bits per heavy atom. The summed E-state index contributed by atoms with van der Waals surface area (Å²) in [4.78, 5) is 31.7. The van der Waals surface area contributed by atoms with Gasteiger partial charge in [-0.05, 0) is 176 Å². The third kappa shape index (κ3) is 15.6. The Balaban J connectivity index is 1.15. The maximum atomic E-state index is 14.3. The van der Waals surface area contributed by atoms with Crippen LogP contribution in [0.2, 0.25) is 0 Å². The van der Waals surface area contributed by atoms with E-state index in [-0.39, 0.29) is 49.3 Å². The van der Waals surface area contributed by atoms with Crippen molar-refractivity contribution in [1.29, 1.82) is 0 Å². The van der Waals surface area contributed by atoms with Gasteiger partial charge in [-0.15, -0.1) is 0 Å². The molecule has 13 atom stereocenters. The molecule has 69 heavy (non-hydrogen) atoms. The number of aliphatic hydroxyl groups is 4. The zero-order chi connectivity index (χ0) is 50.5. The number of carbonyl (C=O) groups is 2. The molecule has 5 fully saturated rings. The predicted octanol–water partition coefficient (Wildman–Crippen LogP) is 11.0. The Bertz CT molecular complexity index is 1470. The zero-order valence-electron chi connectivity index (χ0n) is 45.8. The summed E-state index contributed by atoms with van der Waals surface area (Å²) in [5, 5.41) is 47.7. The molecule has 0 unspecified atom stereocenters. The molecular weight excluding hydrogens is 888 g/mol. The molecule has 0 bridgehead atoms. The summed E-state index contributed by atoms with van der Waals surface area (Å²) < 4.78 is 18.8. The molecule has 0 aromatic carbocycles. The van der Waals surface area contributed by atoms with Crippen LogP contribution >= 0.6 is 7.26 Å². The number of cyclic esters (lactones) is 1. The number of unbranched alkanes of at least 4 members (excludes halogenated alkanes) is 9. The maximum Gasteiger partial charge on any atom is 0.309 e. The SMILES string of the molecule is CC[C@H]1OC(=O)[C@H](C)C[C@H](C)[C@@H](O[C@@H]2O[C@H](C)C[C@H](N(C)C)[C@H]2O)[C@](C)(O)C[C@@H](C)CN(C(=O)CCCCCCCCCCCC[P+](C2CCCC2)(C2CCCC2)C2CCCC2)[C@H](C)[C@@H](O)[C@]1(C)O. The highest BCUT2D eigenvalue weighted by Crippen LogP contribution is 2.78. The highest BCUT2D eigenvalue weighted by molar-refractivity contribution is 7.77. The molecule has 2 saturated heterocycles. The topological polar surface area (TPSA) is 149 Å². The lowest BCUT2D eigenvalue weighted by atomic mass is 9.79. The number of amides is 1. The number of ether oxygens (including phenoxy) is 3. The summed E-state index contributed by atoms with van der Waals surface area (Å²) in [6.45, 7) is 14.7. The number of hydrogen-bond acceptors (Lipinski definition) is 10. The van der Waals surface area contributed by atoms with Crippen molar-refractivity contribution in [1.82, 2.24) is 9.80 Å². The first kappa shape index (κ1) is 59.0. The van der Waals surface area contributed by atoms with Crippen molar-refractivity contribution in [2.45, 2.75) is 306 Å². The molecule has 402 valence electrons. The van der Waals surface area contributed by atoms with Gasteiger partial charge in [-0.3, -0.25) is 9.59 Å². The van der Waals surface area contributed by atoms with Crippen molar-refractivity contribution >= 4 is 19.1 Å². The third-order valence-electron chi connectivity index (χ3n) is 18.4. The minimum Gasteiger partial charge on any atom is -0.459 e. The summed E-state index contributed by atoms with van der Waals surface area (Å²) in [6, 6.07) is -1.01. The number of carbonyl (C=O) groups excluding carboxylic acids is 2. The fourth-order valence-corrected chi connectivity index (χ4v) is 22.4. The summed E-state index contributed by atoms with van der Waals surface area (Å²) >= 11 is 0. The van der Waals surface area contributed by atoms with E-state index in [9.17, 15) is 30.0 Å². The number of esters is 1. The first-order valence-corrected chi connectivity index (χ1v) is 31.1. The standard InChI is InChI=1S/C57H106N2O9P/c1-11-49-57(8,65)52(62)44(6)59(39-40(2)38-56(7,64)53(41(3)36-42(4)54(63)67-49)68-55-51(61)48(58(9)10)37-43(5)66-55)50(60)34-20-18-16-14-12-13-15-17-19-27-35-69(45-28-21-22-29-45,46-30-23-24-31-46)47-32-25-26-33-47/h40-49,51-53,55,61-62,64-65H,11-39H2,1-10H3/q+1/t40-,41+,42-,43-,44-,48+,49-,51-,52-,53-,55+,56-,57-/m1/s1. The number of likely N-dealkylation sites (N-methyl/N-ethyl adjacent to an activating group) is 1. The smallest absolute Gasteiger partial charge is 0.309 e. The van der Waals surface area contributed by atoms with Crippen LogP contribution in [-0.4, -0.2) is 146 Å². The first-order chi connectivity index (χ1) is 32.7. The van der Waals surface area contributed by atoms with Gasteiger partial charge in [0.15, 0.2) is 6.29 Å². The Hall–Kier alpha value is -0.910. The van der Waals surface area contributed by atoms with Gasteiger partial charge >= 0.3 is 5.97 Å². The monoisotopic (exact) mass is 994 g/mol. The lowest BCUT2D eigenvalue weighted by Crippen LogP contribution is -2.60. The zero-order valence-corrected chi connectivity index (χ0v) is 46.7. The summed E-state index contributed by atoms with van der Waals surface area (Å²) in [6.07, 6.45) is 28.3. The maximum absolute atomic E-state index is 14.3. The van der Waals surface area contributed by atoms with Gasteiger partial charge in [0.2, 0.25) is 5.91 Å². The second kappa shape index (κ2) is 27.6. The lowest BCUT2D eigenvalue weighted by molar-refractivity contribution is -0.295. The first-order valence-electron chi connectivity index (χ1n) is 28.9. The van der Waals surface area contributed by atoms with Crippen LogP contribution in [0.1, 0.15) is 229 Å². The van der Waals surface area contributed by atoms with E-state index in [0.717, 1.165) is 36.2 Å². The lowest BCUT2D eigenvalue weighted by Gasteiger charge is -2.46. The molecule has 0 spiro atoms. The minimum absolute atomic E-state index is 0.101. The van der Waals surface area contributed by atoms with Gasteiger partial charge < -0.3 is 44.4 Å². The van der Waals surface area contributed by atoms with E-state index >= 15 is 0 Å². The average Bonchev–Trinajstić information content (AvgIpc) is 4.14. The largest absolute Gasteiger partial charge is 0.459 e. The molecule has 0 aromatic heterocycles. The van der Waals surface area contributed by atoms with Crippen LogP contribution in [0, 0.1) is 17.8 Å². The molecule has 3 aliphatic carbocycles. The molecule has 5 rings (SSSR count). The Morgan fingerprint density at radius 1 is 0.768 bits per heavy atom. The Kier molecular flexibility index (Phi) is 23.6. The third-order valence-corrected chi connectivity index (χ3v) is 25.2. The highest BCUT2D eigenvalue weighted by Gasteiger charge is 2.58.